The zero-order valence-corrected chi connectivity index (χ0v) is 7.95. The Morgan fingerprint density at radius 2 is 2.09 bits per heavy atom. The SMILES string of the molecule is CSC1(CCN)CCOCC1. The highest BCUT2D eigenvalue weighted by atomic mass is 32.2. The molecule has 1 aliphatic rings. The first kappa shape index (κ1) is 9.36. The number of nitrogens with two attached hydrogens (primary N) is 1. The third-order valence-corrected chi connectivity index (χ3v) is 3.92. The van der Waals surface area contributed by atoms with E-state index in [-0.39, 0.29) is 0 Å². The van der Waals surface area contributed by atoms with E-state index in [9.17, 15) is 0 Å². The largest absolute Gasteiger partial charge is 0.381 e. The lowest BCUT2D eigenvalue weighted by Gasteiger charge is -2.35. The molecule has 1 fully saturated rings. The maximum atomic E-state index is 5.57. The summed E-state index contributed by atoms with van der Waals surface area (Å²) in [6, 6.07) is 0. The van der Waals surface area contributed by atoms with E-state index in [4.69, 9.17) is 10.5 Å². The summed E-state index contributed by atoms with van der Waals surface area (Å²) in [5.41, 5.74) is 5.57. The first-order valence-electron chi connectivity index (χ1n) is 4.16. The van der Waals surface area contributed by atoms with Crippen LogP contribution in [0.15, 0.2) is 0 Å². The predicted molar refractivity (Wildman–Crippen MR) is 50.0 cm³/mol. The maximum Gasteiger partial charge on any atom is 0.0479 e. The molecule has 0 saturated carbocycles. The van der Waals surface area contributed by atoms with E-state index in [1.165, 1.54) is 12.8 Å². The van der Waals surface area contributed by atoms with Gasteiger partial charge < -0.3 is 10.5 Å². The van der Waals surface area contributed by atoms with Crippen molar-refractivity contribution >= 4 is 11.8 Å². The molecule has 0 aromatic carbocycles. The van der Waals surface area contributed by atoms with Gasteiger partial charge in [0.1, 0.15) is 0 Å². The molecule has 2 nitrogen and oxygen atoms in total. The van der Waals surface area contributed by atoms with Crippen molar-refractivity contribution in [2.45, 2.75) is 24.0 Å². The van der Waals surface area contributed by atoms with E-state index in [2.05, 4.69) is 6.26 Å². The van der Waals surface area contributed by atoms with Gasteiger partial charge in [-0.25, -0.2) is 0 Å². The second-order valence-corrected chi connectivity index (χ2v) is 4.31. The molecule has 3 heteroatoms. The molecule has 0 unspecified atom stereocenters. The first-order chi connectivity index (χ1) is 5.33. The summed E-state index contributed by atoms with van der Waals surface area (Å²) in [5, 5.41) is 0. The summed E-state index contributed by atoms with van der Waals surface area (Å²) < 4.78 is 5.76. The molecular weight excluding hydrogens is 158 g/mol. The second kappa shape index (κ2) is 4.33. The van der Waals surface area contributed by atoms with Crippen molar-refractivity contribution in [2.24, 2.45) is 5.73 Å². The molecule has 0 aliphatic carbocycles. The predicted octanol–water partition coefficient (Wildman–Crippen LogP) is 1.25. The van der Waals surface area contributed by atoms with Crippen LogP contribution in [0.2, 0.25) is 0 Å². The molecular formula is C8H17NOS. The maximum absolute atomic E-state index is 5.57. The van der Waals surface area contributed by atoms with Gasteiger partial charge in [0, 0.05) is 18.0 Å². The second-order valence-electron chi connectivity index (χ2n) is 3.04. The molecule has 2 N–H and O–H groups in total. The van der Waals surface area contributed by atoms with Crippen molar-refractivity contribution in [1.82, 2.24) is 0 Å². The average molecular weight is 175 g/mol. The smallest absolute Gasteiger partial charge is 0.0479 e. The molecule has 0 aromatic rings. The highest BCUT2D eigenvalue weighted by molar-refractivity contribution is 8.00. The van der Waals surface area contributed by atoms with Crippen LogP contribution < -0.4 is 5.73 Å². The summed E-state index contributed by atoms with van der Waals surface area (Å²) in [6.45, 7) is 2.64. The standard InChI is InChI=1S/C8H17NOS/c1-11-8(2-5-9)3-6-10-7-4-8/h2-7,9H2,1H3. The molecule has 1 rings (SSSR count). The number of ether oxygens (including phenoxy) is 1. The third-order valence-electron chi connectivity index (χ3n) is 2.44. The molecule has 1 heterocycles. The van der Waals surface area contributed by atoms with E-state index in [0.29, 0.717) is 4.75 Å². The zero-order valence-electron chi connectivity index (χ0n) is 7.14. The van der Waals surface area contributed by atoms with Gasteiger partial charge in [-0.15, -0.1) is 0 Å². The van der Waals surface area contributed by atoms with Crippen molar-refractivity contribution in [3.63, 3.8) is 0 Å². The minimum Gasteiger partial charge on any atom is -0.381 e. The number of thioether (sulfide) groups is 1. The summed E-state index contributed by atoms with van der Waals surface area (Å²) in [7, 11) is 0. The highest BCUT2D eigenvalue weighted by Gasteiger charge is 2.30. The van der Waals surface area contributed by atoms with E-state index >= 15 is 0 Å². The Bertz CT molecular complexity index is 107. The Morgan fingerprint density at radius 3 is 2.55 bits per heavy atom. The van der Waals surface area contributed by atoms with Crippen LogP contribution in [0.4, 0.5) is 0 Å². The lowest BCUT2D eigenvalue weighted by Crippen LogP contribution is -2.34. The Kier molecular flexibility index (Phi) is 3.69. The van der Waals surface area contributed by atoms with Crippen LogP contribution in [0.5, 0.6) is 0 Å². The van der Waals surface area contributed by atoms with Crippen molar-refractivity contribution in [3.05, 3.63) is 0 Å². The minimum absolute atomic E-state index is 0.438. The lowest BCUT2D eigenvalue weighted by atomic mass is 9.95. The zero-order chi connectivity index (χ0) is 8.16. The van der Waals surface area contributed by atoms with Crippen molar-refractivity contribution < 1.29 is 4.74 Å². The van der Waals surface area contributed by atoms with Gasteiger partial charge in [0.25, 0.3) is 0 Å². The Hall–Kier alpha value is 0.270. The fourth-order valence-electron chi connectivity index (χ4n) is 1.56. The van der Waals surface area contributed by atoms with Gasteiger partial charge in [-0.2, -0.15) is 11.8 Å². The molecule has 1 aliphatic heterocycles. The summed E-state index contributed by atoms with van der Waals surface area (Å²) >= 11 is 1.96. The van der Waals surface area contributed by atoms with Crippen LogP contribution in [-0.4, -0.2) is 30.8 Å². The molecule has 66 valence electrons. The summed E-state index contributed by atoms with van der Waals surface area (Å²) in [4.78, 5) is 0. The van der Waals surface area contributed by atoms with Gasteiger partial charge in [-0.1, -0.05) is 0 Å². The first-order valence-corrected chi connectivity index (χ1v) is 5.38. The molecule has 11 heavy (non-hydrogen) atoms. The van der Waals surface area contributed by atoms with Crippen LogP contribution in [0.1, 0.15) is 19.3 Å². The minimum atomic E-state index is 0.438. The Balaban J connectivity index is 2.42. The van der Waals surface area contributed by atoms with Gasteiger partial charge in [-0.3, -0.25) is 0 Å². The van der Waals surface area contributed by atoms with E-state index in [0.717, 1.165) is 26.2 Å². The van der Waals surface area contributed by atoms with Crippen LogP contribution in [-0.2, 0) is 4.74 Å². The van der Waals surface area contributed by atoms with Gasteiger partial charge in [-0.05, 0) is 32.1 Å². The number of rotatable bonds is 3. The van der Waals surface area contributed by atoms with E-state index in [1.54, 1.807) is 0 Å². The van der Waals surface area contributed by atoms with Gasteiger partial charge in [0.15, 0.2) is 0 Å². The van der Waals surface area contributed by atoms with Crippen LogP contribution in [0.25, 0.3) is 0 Å². The molecule has 0 bridgehead atoms. The Labute approximate surface area is 72.9 Å². The quantitative estimate of drug-likeness (QED) is 0.701. The Morgan fingerprint density at radius 1 is 1.45 bits per heavy atom. The van der Waals surface area contributed by atoms with E-state index < -0.39 is 0 Å². The molecule has 0 spiro atoms. The highest BCUT2D eigenvalue weighted by Crippen LogP contribution is 2.36. The summed E-state index contributed by atoms with van der Waals surface area (Å²) in [5.74, 6) is 0. The van der Waals surface area contributed by atoms with Gasteiger partial charge >= 0.3 is 0 Å². The summed E-state index contributed by atoms with van der Waals surface area (Å²) in [6.07, 6.45) is 5.66. The van der Waals surface area contributed by atoms with Crippen LogP contribution in [0, 0.1) is 0 Å². The molecule has 0 radical (unpaired) electrons. The van der Waals surface area contributed by atoms with Crippen LogP contribution >= 0.6 is 11.8 Å². The van der Waals surface area contributed by atoms with Crippen molar-refractivity contribution in [2.75, 3.05) is 26.0 Å². The fraction of sp³-hybridized carbons (Fsp3) is 1.00. The van der Waals surface area contributed by atoms with E-state index in [1.807, 2.05) is 11.8 Å². The third kappa shape index (κ3) is 2.36. The lowest BCUT2D eigenvalue weighted by molar-refractivity contribution is 0.0759. The average Bonchev–Trinajstić information content (AvgIpc) is 2.07. The monoisotopic (exact) mass is 175 g/mol. The molecule has 0 aromatic heterocycles. The van der Waals surface area contributed by atoms with Crippen LogP contribution in [0.3, 0.4) is 0 Å². The van der Waals surface area contributed by atoms with Crippen molar-refractivity contribution in [1.29, 1.82) is 0 Å². The fourth-order valence-corrected chi connectivity index (χ4v) is 2.46. The molecule has 0 amide bonds. The van der Waals surface area contributed by atoms with Gasteiger partial charge in [0.05, 0.1) is 0 Å². The molecule has 0 atom stereocenters. The molecule has 1 saturated heterocycles. The van der Waals surface area contributed by atoms with Crippen molar-refractivity contribution in [3.8, 4) is 0 Å². The number of hydrogen-bond donors (Lipinski definition) is 1. The topological polar surface area (TPSA) is 35.2 Å². The normalized spacial score (nSPS) is 23.5. The van der Waals surface area contributed by atoms with Gasteiger partial charge in [0.2, 0.25) is 0 Å². The number of hydrogen-bond acceptors (Lipinski definition) is 3.